The first-order valence-corrected chi connectivity index (χ1v) is 8.76. The molecule has 0 radical (unpaired) electrons. The summed E-state index contributed by atoms with van der Waals surface area (Å²) in [6.07, 6.45) is 3.13. The number of ether oxygens (including phenoxy) is 2. The number of benzene rings is 1. The number of pyridine rings is 1. The van der Waals surface area contributed by atoms with Gasteiger partial charge in [0.25, 0.3) is 0 Å². The number of nitrogens with zero attached hydrogens (tertiary/aromatic N) is 2. The summed E-state index contributed by atoms with van der Waals surface area (Å²) in [6.45, 7) is 1.97. The van der Waals surface area contributed by atoms with Crippen molar-refractivity contribution in [3.63, 3.8) is 0 Å². The highest BCUT2D eigenvalue weighted by Gasteiger charge is 2.35. The van der Waals surface area contributed by atoms with E-state index in [-0.39, 0.29) is 41.5 Å². The van der Waals surface area contributed by atoms with Crippen molar-refractivity contribution >= 4 is 34.5 Å². The van der Waals surface area contributed by atoms with Crippen LogP contribution < -0.4 is 4.74 Å². The molecule has 0 fully saturated rings. The van der Waals surface area contributed by atoms with E-state index in [9.17, 15) is 9.18 Å². The van der Waals surface area contributed by atoms with Crippen LogP contribution >= 0.6 is 11.6 Å². The molecule has 6 nitrogen and oxygen atoms in total. The number of amides is 1. The number of carbonyl (C=O) groups excluding carboxylic acids is 1. The molecule has 1 N–H and O–H groups in total. The van der Waals surface area contributed by atoms with Crippen LogP contribution in [0, 0.1) is 5.82 Å². The number of fused-ring (bicyclic) bond motifs is 3. The number of hydrogen-bond donors (Lipinski definition) is 1. The SMILES string of the molecule is COCC(=O)N1Cc2c(C=CCO)nc3c(F)c(Cl)c(OC)cc3c2[C@@H]1C. The van der Waals surface area contributed by atoms with Crippen molar-refractivity contribution in [1.82, 2.24) is 9.88 Å². The molecule has 8 heteroatoms. The number of aliphatic hydroxyl groups excluding tert-OH is 1. The van der Waals surface area contributed by atoms with Crippen molar-refractivity contribution in [3.8, 4) is 5.75 Å². The summed E-state index contributed by atoms with van der Waals surface area (Å²) in [6, 6.07) is 1.34. The van der Waals surface area contributed by atoms with Gasteiger partial charge in [-0.1, -0.05) is 17.7 Å². The van der Waals surface area contributed by atoms with Gasteiger partial charge in [-0.25, -0.2) is 9.37 Å². The van der Waals surface area contributed by atoms with Gasteiger partial charge >= 0.3 is 0 Å². The highest BCUT2D eigenvalue weighted by Crippen LogP contribution is 2.43. The fourth-order valence-electron chi connectivity index (χ4n) is 3.46. The van der Waals surface area contributed by atoms with Crippen LogP contribution in [0.5, 0.6) is 5.75 Å². The molecule has 27 heavy (non-hydrogen) atoms. The standard InChI is InChI=1S/C19H20ClFN2O4/c1-10-16-11-7-14(27-3)17(20)18(21)19(11)22-13(5-4-6-24)12(16)8-23(10)15(25)9-26-2/h4-5,7,10,24H,6,8-9H2,1-3H3/t10-/m0/s1. The van der Waals surface area contributed by atoms with Gasteiger partial charge in [0.15, 0.2) is 5.82 Å². The zero-order valence-corrected chi connectivity index (χ0v) is 16.0. The molecule has 1 aromatic carbocycles. The van der Waals surface area contributed by atoms with Crippen molar-refractivity contribution in [1.29, 1.82) is 0 Å². The van der Waals surface area contributed by atoms with Gasteiger partial charge in [0, 0.05) is 24.6 Å². The molecule has 3 rings (SSSR count). The second-order valence-electron chi connectivity index (χ2n) is 6.21. The molecule has 0 aliphatic carbocycles. The van der Waals surface area contributed by atoms with E-state index < -0.39 is 5.82 Å². The van der Waals surface area contributed by atoms with E-state index in [1.54, 1.807) is 17.0 Å². The van der Waals surface area contributed by atoms with Crippen LogP contribution in [0.25, 0.3) is 17.0 Å². The first kappa shape index (κ1) is 19.5. The summed E-state index contributed by atoms with van der Waals surface area (Å²) in [4.78, 5) is 18.5. The van der Waals surface area contributed by atoms with Crippen molar-refractivity contribution in [2.75, 3.05) is 27.4 Å². The fraction of sp³-hybridized carbons (Fsp3) is 0.368. The fourth-order valence-corrected chi connectivity index (χ4v) is 3.69. The van der Waals surface area contributed by atoms with E-state index in [1.807, 2.05) is 6.92 Å². The number of carbonyl (C=O) groups is 1. The van der Waals surface area contributed by atoms with Crippen LogP contribution in [-0.2, 0) is 16.1 Å². The van der Waals surface area contributed by atoms with Gasteiger partial charge in [-0.2, -0.15) is 0 Å². The van der Waals surface area contributed by atoms with Gasteiger partial charge in [-0.3, -0.25) is 4.79 Å². The summed E-state index contributed by atoms with van der Waals surface area (Å²) in [7, 11) is 2.87. The molecule has 1 aliphatic heterocycles. The van der Waals surface area contributed by atoms with E-state index in [2.05, 4.69) is 4.98 Å². The molecule has 1 aliphatic rings. The number of halogens is 2. The Morgan fingerprint density at radius 1 is 1.52 bits per heavy atom. The minimum absolute atomic E-state index is 0.0466. The predicted molar refractivity (Wildman–Crippen MR) is 100 cm³/mol. The molecule has 2 heterocycles. The van der Waals surface area contributed by atoms with Crippen LogP contribution in [-0.4, -0.2) is 48.3 Å². The summed E-state index contributed by atoms with van der Waals surface area (Å²) in [5.74, 6) is -0.646. The lowest BCUT2D eigenvalue weighted by molar-refractivity contribution is -0.137. The minimum atomic E-state index is -0.679. The molecule has 1 atom stereocenters. The highest BCUT2D eigenvalue weighted by molar-refractivity contribution is 6.33. The Balaban J connectivity index is 2.29. The second-order valence-corrected chi connectivity index (χ2v) is 6.59. The molecule has 0 spiro atoms. The molecule has 2 aromatic rings. The Morgan fingerprint density at radius 3 is 2.89 bits per heavy atom. The van der Waals surface area contributed by atoms with Crippen LogP contribution in [0.1, 0.15) is 29.8 Å². The van der Waals surface area contributed by atoms with Gasteiger partial charge in [0.1, 0.15) is 22.9 Å². The number of aliphatic hydroxyl groups is 1. The minimum Gasteiger partial charge on any atom is -0.495 e. The van der Waals surface area contributed by atoms with Gasteiger partial charge in [0.05, 0.1) is 25.5 Å². The number of methoxy groups -OCH3 is 2. The Morgan fingerprint density at radius 2 is 2.26 bits per heavy atom. The molecule has 0 saturated carbocycles. The van der Waals surface area contributed by atoms with Crippen molar-refractivity contribution in [2.45, 2.75) is 19.5 Å². The summed E-state index contributed by atoms with van der Waals surface area (Å²) >= 11 is 6.06. The summed E-state index contributed by atoms with van der Waals surface area (Å²) < 4.78 is 25.0. The first-order valence-electron chi connectivity index (χ1n) is 8.38. The topological polar surface area (TPSA) is 71.9 Å². The van der Waals surface area contributed by atoms with Crippen LogP contribution in [0.2, 0.25) is 5.02 Å². The maximum absolute atomic E-state index is 14.9. The lowest BCUT2D eigenvalue weighted by Crippen LogP contribution is -2.31. The van der Waals surface area contributed by atoms with E-state index in [0.717, 1.165) is 11.1 Å². The maximum atomic E-state index is 14.9. The third-order valence-electron chi connectivity index (χ3n) is 4.71. The summed E-state index contributed by atoms with van der Waals surface area (Å²) in [5.41, 5.74) is 2.18. The first-order chi connectivity index (χ1) is 12.9. The largest absolute Gasteiger partial charge is 0.495 e. The zero-order valence-electron chi connectivity index (χ0n) is 15.3. The van der Waals surface area contributed by atoms with E-state index >= 15 is 0 Å². The number of aromatic nitrogens is 1. The molecule has 1 aromatic heterocycles. The number of hydrogen-bond acceptors (Lipinski definition) is 5. The smallest absolute Gasteiger partial charge is 0.249 e. The van der Waals surface area contributed by atoms with Crippen molar-refractivity contribution in [3.05, 3.63) is 39.8 Å². The highest BCUT2D eigenvalue weighted by atomic mass is 35.5. The number of rotatable bonds is 5. The molecular weight excluding hydrogens is 375 g/mol. The van der Waals surface area contributed by atoms with Crippen LogP contribution in [0.15, 0.2) is 12.1 Å². The van der Waals surface area contributed by atoms with Gasteiger partial charge in [-0.05, 0) is 24.6 Å². The Labute approximate surface area is 161 Å². The normalized spacial score (nSPS) is 16.4. The van der Waals surface area contributed by atoms with Crippen molar-refractivity contribution in [2.24, 2.45) is 0 Å². The maximum Gasteiger partial charge on any atom is 0.249 e. The van der Waals surface area contributed by atoms with Crippen molar-refractivity contribution < 1.29 is 23.8 Å². The zero-order chi connectivity index (χ0) is 19.7. The molecule has 0 unspecified atom stereocenters. The Kier molecular flexibility index (Phi) is 5.64. The van der Waals surface area contributed by atoms with Gasteiger partial charge < -0.3 is 19.5 Å². The van der Waals surface area contributed by atoms with Crippen LogP contribution in [0.4, 0.5) is 4.39 Å². The third-order valence-corrected chi connectivity index (χ3v) is 5.06. The predicted octanol–water partition coefficient (Wildman–Crippen LogP) is 3.09. The molecule has 0 saturated heterocycles. The molecule has 0 bridgehead atoms. The van der Waals surface area contributed by atoms with E-state index in [4.69, 9.17) is 26.2 Å². The average Bonchev–Trinajstić information content (AvgIpc) is 3.01. The quantitative estimate of drug-likeness (QED) is 0.843. The lowest BCUT2D eigenvalue weighted by atomic mass is 9.98. The molecule has 1 amide bonds. The van der Waals surface area contributed by atoms with Gasteiger partial charge in [-0.15, -0.1) is 0 Å². The average molecular weight is 395 g/mol. The van der Waals surface area contributed by atoms with E-state index in [1.165, 1.54) is 20.3 Å². The Hall–Kier alpha value is -2.22. The Bertz CT molecular complexity index is 932. The third kappa shape index (κ3) is 3.26. The molecule has 144 valence electrons. The van der Waals surface area contributed by atoms with Crippen LogP contribution in [0.3, 0.4) is 0 Å². The van der Waals surface area contributed by atoms with E-state index in [0.29, 0.717) is 17.6 Å². The van der Waals surface area contributed by atoms with Gasteiger partial charge in [0.2, 0.25) is 5.91 Å². The lowest BCUT2D eigenvalue weighted by Gasteiger charge is -2.22. The molecular formula is C19H20ClFN2O4. The monoisotopic (exact) mass is 394 g/mol. The summed E-state index contributed by atoms with van der Waals surface area (Å²) in [5, 5.41) is 9.51. The second kappa shape index (κ2) is 7.80.